The molecule has 2 N–H and O–H groups in total. The maximum absolute atomic E-state index is 12.6. The molecule has 0 aliphatic heterocycles. The Labute approximate surface area is 148 Å². The van der Waals surface area contributed by atoms with Gasteiger partial charge in [0.2, 0.25) is 0 Å². The Balaban J connectivity index is 0.00000312. The molecule has 0 aliphatic carbocycles. The minimum Gasteiger partial charge on any atom is -1.00 e. The lowest BCUT2D eigenvalue weighted by atomic mass is 10.2. The molecular formula is C16H16ClF3N2O3. The van der Waals surface area contributed by atoms with Gasteiger partial charge in [0.25, 0.3) is 12.6 Å². The molecule has 0 radical (unpaired) electrons. The average Bonchev–Trinajstić information content (AvgIpc) is 2.54. The summed E-state index contributed by atoms with van der Waals surface area (Å²) < 4.78 is 49.9. The number of primary amides is 1. The summed E-state index contributed by atoms with van der Waals surface area (Å²) in [4.78, 5) is 11.1. The van der Waals surface area contributed by atoms with Gasteiger partial charge in [-0.15, -0.1) is 0 Å². The quantitative estimate of drug-likeness (QED) is 0.506. The number of carbonyl (C=O) groups excluding carboxylic acids is 1. The van der Waals surface area contributed by atoms with Gasteiger partial charge in [-0.05, 0) is 24.3 Å². The summed E-state index contributed by atoms with van der Waals surface area (Å²) in [6.07, 6.45) is -1.17. The van der Waals surface area contributed by atoms with Crippen LogP contribution in [0.25, 0.3) is 0 Å². The standard InChI is InChI=1S/C16H15F3N2O3.ClH/c17-16(18,19)13-4-1-5-14(9-13)24-8-7-23-11-21-6-2-3-12(10-21)15(20)22;/h1-6,9-10H,7-8,11H2,(H-,20,22);1H. The van der Waals surface area contributed by atoms with E-state index in [9.17, 15) is 18.0 Å². The highest BCUT2D eigenvalue weighted by atomic mass is 35.5. The van der Waals surface area contributed by atoms with Crippen LogP contribution in [-0.4, -0.2) is 19.1 Å². The van der Waals surface area contributed by atoms with Crippen molar-refractivity contribution >= 4 is 5.91 Å². The van der Waals surface area contributed by atoms with Gasteiger partial charge in [0, 0.05) is 6.07 Å². The second-order valence-corrected chi connectivity index (χ2v) is 4.88. The smallest absolute Gasteiger partial charge is 0.416 e. The zero-order chi connectivity index (χ0) is 17.6. The summed E-state index contributed by atoms with van der Waals surface area (Å²) in [6.45, 7) is 0.425. The van der Waals surface area contributed by atoms with Crippen molar-refractivity contribution in [3.05, 3.63) is 59.9 Å². The highest BCUT2D eigenvalue weighted by Gasteiger charge is 2.30. The molecular weight excluding hydrogens is 361 g/mol. The third-order valence-electron chi connectivity index (χ3n) is 3.04. The molecule has 0 unspecified atom stereocenters. The second kappa shape index (κ2) is 9.24. The molecule has 2 rings (SSSR count). The lowest BCUT2D eigenvalue weighted by Crippen LogP contribution is -3.00. The predicted octanol–water partition coefficient (Wildman–Crippen LogP) is -0.851. The summed E-state index contributed by atoms with van der Waals surface area (Å²) in [6, 6.07) is 7.87. The molecule has 1 aromatic heterocycles. The van der Waals surface area contributed by atoms with Crippen molar-refractivity contribution < 1.29 is 44.4 Å². The number of nitrogens with zero attached hydrogens (tertiary/aromatic N) is 1. The van der Waals surface area contributed by atoms with E-state index in [1.54, 1.807) is 22.9 Å². The van der Waals surface area contributed by atoms with Crippen LogP contribution in [-0.2, 0) is 17.6 Å². The van der Waals surface area contributed by atoms with Crippen molar-refractivity contribution in [1.82, 2.24) is 0 Å². The summed E-state index contributed by atoms with van der Waals surface area (Å²) in [5.74, 6) is -0.422. The van der Waals surface area contributed by atoms with Gasteiger partial charge in [0.05, 0.1) is 12.2 Å². The van der Waals surface area contributed by atoms with Crippen molar-refractivity contribution in [2.75, 3.05) is 13.2 Å². The SMILES string of the molecule is NC(=O)c1ccc[n+](COCCOc2cccc(C(F)(F)F)c2)c1.[Cl-]. The molecule has 0 atom stereocenters. The first kappa shape index (κ1) is 20.7. The first-order valence-electron chi connectivity index (χ1n) is 7.03. The highest BCUT2D eigenvalue weighted by Crippen LogP contribution is 2.31. The van der Waals surface area contributed by atoms with Gasteiger partial charge in [-0.3, -0.25) is 4.79 Å². The average molecular weight is 377 g/mol. The minimum atomic E-state index is -4.40. The zero-order valence-corrected chi connectivity index (χ0v) is 13.8. The van der Waals surface area contributed by atoms with Crippen LogP contribution < -0.4 is 27.4 Å². The van der Waals surface area contributed by atoms with Gasteiger partial charge in [-0.25, -0.2) is 0 Å². The number of carbonyl (C=O) groups is 1. The van der Waals surface area contributed by atoms with E-state index < -0.39 is 17.6 Å². The molecule has 136 valence electrons. The largest absolute Gasteiger partial charge is 1.00 e. The van der Waals surface area contributed by atoms with Gasteiger partial charge in [-0.2, -0.15) is 17.7 Å². The monoisotopic (exact) mass is 376 g/mol. The molecule has 0 bridgehead atoms. The Bertz CT molecular complexity index is 711. The number of hydrogen-bond donors (Lipinski definition) is 1. The van der Waals surface area contributed by atoms with Crippen LogP contribution in [0.15, 0.2) is 48.8 Å². The fraction of sp³-hybridized carbons (Fsp3) is 0.250. The number of nitrogens with two attached hydrogens (primary N) is 1. The molecule has 0 saturated heterocycles. The molecule has 1 heterocycles. The normalized spacial score (nSPS) is 10.8. The van der Waals surface area contributed by atoms with E-state index in [1.807, 2.05) is 0 Å². The number of rotatable bonds is 7. The zero-order valence-electron chi connectivity index (χ0n) is 13.0. The fourth-order valence-corrected chi connectivity index (χ4v) is 1.90. The van der Waals surface area contributed by atoms with E-state index in [1.165, 1.54) is 18.3 Å². The Hall–Kier alpha value is -2.32. The number of benzene rings is 1. The molecule has 1 aromatic carbocycles. The third kappa shape index (κ3) is 6.60. The summed E-state index contributed by atoms with van der Waals surface area (Å²) in [5, 5.41) is 0. The topological polar surface area (TPSA) is 65.4 Å². The van der Waals surface area contributed by atoms with Crippen LogP contribution in [0.1, 0.15) is 15.9 Å². The van der Waals surface area contributed by atoms with Crippen molar-refractivity contribution in [1.29, 1.82) is 0 Å². The summed E-state index contributed by atoms with van der Waals surface area (Å²) >= 11 is 0. The molecule has 25 heavy (non-hydrogen) atoms. The number of hydrogen-bond acceptors (Lipinski definition) is 3. The van der Waals surface area contributed by atoms with E-state index >= 15 is 0 Å². The van der Waals surface area contributed by atoms with Crippen LogP contribution in [0.5, 0.6) is 5.75 Å². The highest BCUT2D eigenvalue weighted by molar-refractivity contribution is 5.92. The molecule has 0 saturated carbocycles. The maximum Gasteiger partial charge on any atom is 0.416 e. The second-order valence-electron chi connectivity index (χ2n) is 4.88. The van der Waals surface area contributed by atoms with Gasteiger partial charge >= 0.3 is 6.18 Å². The van der Waals surface area contributed by atoms with Crippen LogP contribution in [0.3, 0.4) is 0 Å². The molecule has 0 spiro atoms. The van der Waals surface area contributed by atoms with Crippen LogP contribution >= 0.6 is 0 Å². The number of aromatic nitrogens is 1. The van der Waals surface area contributed by atoms with Crippen molar-refractivity contribution in [2.45, 2.75) is 12.9 Å². The van der Waals surface area contributed by atoms with E-state index in [2.05, 4.69) is 0 Å². The van der Waals surface area contributed by atoms with Crippen molar-refractivity contribution in [3.63, 3.8) is 0 Å². The Morgan fingerprint density at radius 1 is 1.16 bits per heavy atom. The Morgan fingerprint density at radius 2 is 1.92 bits per heavy atom. The molecule has 9 heteroatoms. The first-order chi connectivity index (χ1) is 11.4. The fourth-order valence-electron chi connectivity index (χ4n) is 1.90. The molecule has 1 amide bonds. The van der Waals surface area contributed by atoms with Crippen LogP contribution in [0, 0.1) is 0 Å². The van der Waals surface area contributed by atoms with Crippen LogP contribution in [0.4, 0.5) is 13.2 Å². The number of amides is 1. The van der Waals surface area contributed by atoms with Crippen LogP contribution in [0.2, 0.25) is 0 Å². The maximum atomic E-state index is 12.6. The van der Waals surface area contributed by atoms with E-state index in [-0.39, 0.29) is 38.1 Å². The van der Waals surface area contributed by atoms with Gasteiger partial charge < -0.3 is 27.6 Å². The lowest BCUT2D eigenvalue weighted by molar-refractivity contribution is -0.732. The number of ether oxygens (including phenoxy) is 2. The van der Waals surface area contributed by atoms with Gasteiger partial charge in [0.15, 0.2) is 12.4 Å². The molecule has 5 nitrogen and oxygen atoms in total. The Kier molecular flexibility index (Phi) is 7.66. The minimum absolute atomic E-state index is 0. The van der Waals surface area contributed by atoms with Gasteiger partial charge in [0.1, 0.15) is 17.9 Å². The third-order valence-corrected chi connectivity index (χ3v) is 3.04. The van der Waals surface area contributed by atoms with E-state index in [0.717, 1.165) is 12.1 Å². The lowest BCUT2D eigenvalue weighted by Gasteiger charge is -2.10. The van der Waals surface area contributed by atoms with Crippen molar-refractivity contribution in [2.24, 2.45) is 5.73 Å². The van der Waals surface area contributed by atoms with Crippen molar-refractivity contribution in [3.8, 4) is 5.75 Å². The Morgan fingerprint density at radius 3 is 2.60 bits per heavy atom. The van der Waals surface area contributed by atoms with Gasteiger partial charge in [-0.1, -0.05) is 6.07 Å². The van der Waals surface area contributed by atoms with E-state index in [0.29, 0.717) is 5.56 Å². The molecule has 2 aromatic rings. The first-order valence-corrected chi connectivity index (χ1v) is 7.03. The van der Waals surface area contributed by atoms with E-state index in [4.69, 9.17) is 15.2 Å². The number of alkyl halides is 3. The predicted molar refractivity (Wildman–Crippen MR) is 78.0 cm³/mol. The summed E-state index contributed by atoms with van der Waals surface area (Å²) in [7, 11) is 0. The molecule has 0 fully saturated rings. The number of pyridine rings is 1. The number of halogens is 4. The molecule has 0 aliphatic rings. The summed E-state index contributed by atoms with van der Waals surface area (Å²) in [5.41, 5.74) is 4.76.